The first kappa shape index (κ1) is 13.5. The van der Waals surface area contributed by atoms with E-state index in [2.05, 4.69) is 4.98 Å². The summed E-state index contributed by atoms with van der Waals surface area (Å²) in [5.41, 5.74) is -0.613. The van der Waals surface area contributed by atoms with Crippen LogP contribution in [-0.4, -0.2) is 10.1 Å². The van der Waals surface area contributed by atoms with Crippen molar-refractivity contribution in [3.8, 4) is 11.3 Å². The Labute approximate surface area is 106 Å². The van der Waals surface area contributed by atoms with Crippen LogP contribution in [0.2, 0.25) is 0 Å². The van der Waals surface area contributed by atoms with E-state index in [-0.39, 0.29) is 17.0 Å². The van der Waals surface area contributed by atoms with Gasteiger partial charge in [0.2, 0.25) is 0 Å². The number of nitrogens with zero attached hydrogens (tertiary/aromatic N) is 1. The lowest BCUT2D eigenvalue weighted by molar-refractivity contribution is -0.137. The topological polar surface area (TPSA) is 33.1 Å². The fourth-order valence-electron chi connectivity index (χ4n) is 1.61. The minimum Gasteiger partial charge on any atom is -0.390 e. The smallest absolute Gasteiger partial charge is 0.390 e. The summed E-state index contributed by atoms with van der Waals surface area (Å²) >= 11 is 0. The van der Waals surface area contributed by atoms with Crippen molar-refractivity contribution >= 4 is 0 Å². The maximum absolute atomic E-state index is 13.2. The third-order valence-corrected chi connectivity index (χ3v) is 2.55. The van der Waals surface area contributed by atoms with Crippen LogP contribution in [0.5, 0.6) is 0 Å². The molecule has 0 unspecified atom stereocenters. The number of aromatic nitrogens is 1. The average Bonchev–Trinajstić information content (AvgIpc) is 2.38. The lowest BCUT2D eigenvalue weighted by Crippen LogP contribution is -2.05. The molecule has 2 nitrogen and oxygen atoms in total. The highest BCUT2D eigenvalue weighted by Crippen LogP contribution is 2.31. The normalized spacial score (nSPS) is 11.6. The summed E-state index contributed by atoms with van der Waals surface area (Å²) in [5, 5.41) is 8.89. The van der Waals surface area contributed by atoms with Gasteiger partial charge in [-0.05, 0) is 24.3 Å². The Morgan fingerprint density at radius 1 is 1.11 bits per heavy atom. The zero-order chi connectivity index (χ0) is 14.0. The summed E-state index contributed by atoms with van der Waals surface area (Å²) in [5.74, 6) is -0.696. The van der Waals surface area contributed by atoms with Crippen LogP contribution in [0.4, 0.5) is 17.6 Å². The molecule has 0 saturated carbocycles. The van der Waals surface area contributed by atoms with Gasteiger partial charge in [0.1, 0.15) is 11.5 Å². The molecule has 0 aliphatic rings. The van der Waals surface area contributed by atoms with Gasteiger partial charge in [0.15, 0.2) is 0 Å². The van der Waals surface area contributed by atoms with E-state index < -0.39 is 24.2 Å². The monoisotopic (exact) mass is 271 g/mol. The molecule has 1 N–H and O–H groups in total. The molecule has 0 fully saturated rings. The van der Waals surface area contributed by atoms with Crippen molar-refractivity contribution in [3.63, 3.8) is 0 Å². The summed E-state index contributed by atoms with van der Waals surface area (Å²) in [7, 11) is 0. The van der Waals surface area contributed by atoms with Gasteiger partial charge in [-0.2, -0.15) is 13.2 Å². The van der Waals surface area contributed by atoms with E-state index in [9.17, 15) is 17.6 Å². The van der Waals surface area contributed by atoms with Gasteiger partial charge in [-0.25, -0.2) is 9.37 Å². The van der Waals surface area contributed by atoms with E-state index in [4.69, 9.17) is 5.11 Å². The molecule has 6 heteroatoms. The number of halogens is 4. The van der Waals surface area contributed by atoms with Crippen LogP contribution in [-0.2, 0) is 12.8 Å². The summed E-state index contributed by atoms with van der Waals surface area (Å²) in [4.78, 5) is 3.79. The standard InChI is InChI=1S/C13H9F4NO/c14-10-4-5-11(18-12(10)7-19)8-2-1-3-9(6-8)13(15,16)17/h1-6,19H,7H2. The Bertz CT molecular complexity index is 595. The molecule has 0 atom stereocenters. The van der Waals surface area contributed by atoms with Crippen LogP contribution in [0, 0.1) is 5.82 Å². The third-order valence-electron chi connectivity index (χ3n) is 2.55. The maximum Gasteiger partial charge on any atom is 0.416 e. The Morgan fingerprint density at radius 2 is 1.84 bits per heavy atom. The van der Waals surface area contributed by atoms with E-state index in [0.29, 0.717) is 0 Å². The van der Waals surface area contributed by atoms with E-state index in [1.807, 2.05) is 0 Å². The molecule has 2 rings (SSSR count). The minimum atomic E-state index is -4.45. The highest BCUT2D eigenvalue weighted by Gasteiger charge is 2.30. The fourth-order valence-corrected chi connectivity index (χ4v) is 1.61. The summed E-state index contributed by atoms with van der Waals surface area (Å²) in [6.07, 6.45) is -4.45. The number of benzene rings is 1. The average molecular weight is 271 g/mol. The molecule has 1 heterocycles. The molecule has 0 aliphatic carbocycles. The molecular formula is C13H9F4NO. The molecule has 0 radical (unpaired) electrons. The predicted molar refractivity (Wildman–Crippen MR) is 60.6 cm³/mol. The molecule has 1 aromatic heterocycles. The van der Waals surface area contributed by atoms with Gasteiger partial charge in [-0.3, -0.25) is 0 Å². The number of hydrogen-bond acceptors (Lipinski definition) is 2. The van der Waals surface area contributed by atoms with Gasteiger partial charge in [0, 0.05) is 5.56 Å². The molecule has 19 heavy (non-hydrogen) atoms. The summed E-state index contributed by atoms with van der Waals surface area (Å²) in [6.45, 7) is -0.612. The van der Waals surface area contributed by atoms with Crippen molar-refractivity contribution < 1.29 is 22.7 Å². The molecule has 0 spiro atoms. The highest BCUT2D eigenvalue weighted by atomic mass is 19.4. The predicted octanol–water partition coefficient (Wildman–Crippen LogP) is 3.40. The molecule has 100 valence electrons. The summed E-state index contributed by atoms with van der Waals surface area (Å²) < 4.78 is 50.9. The molecule has 0 amide bonds. The second kappa shape index (κ2) is 4.97. The van der Waals surface area contributed by atoms with E-state index >= 15 is 0 Å². The molecular weight excluding hydrogens is 262 g/mol. The van der Waals surface area contributed by atoms with Crippen LogP contribution in [0.1, 0.15) is 11.3 Å². The first-order valence-corrected chi connectivity index (χ1v) is 5.35. The SMILES string of the molecule is OCc1nc(-c2cccc(C(F)(F)F)c2)ccc1F. The van der Waals surface area contributed by atoms with Crippen LogP contribution >= 0.6 is 0 Å². The van der Waals surface area contributed by atoms with Gasteiger partial charge in [0.05, 0.1) is 17.9 Å². The first-order valence-electron chi connectivity index (χ1n) is 5.35. The van der Waals surface area contributed by atoms with Crippen molar-refractivity contribution in [1.82, 2.24) is 4.98 Å². The van der Waals surface area contributed by atoms with Crippen LogP contribution < -0.4 is 0 Å². The van der Waals surface area contributed by atoms with E-state index in [1.165, 1.54) is 18.2 Å². The first-order chi connectivity index (χ1) is 8.91. The quantitative estimate of drug-likeness (QED) is 0.849. The van der Waals surface area contributed by atoms with Crippen LogP contribution in [0.3, 0.4) is 0 Å². The van der Waals surface area contributed by atoms with Gasteiger partial charge in [0.25, 0.3) is 0 Å². The van der Waals surface area contributed by atoms with Crippen molar-refractivity contribution in [3.05, 3.63) is 53.5 Å². The fraction of sp³-hybridized carbons (Fsp3) is 0.154. The zero-order valence-corrected chi connectivity index (χ0v) is 9.58. The van der Waals surface area contributed by atoms with E-state index in [0.717, 1.165) is 18.2 Å². The molecule has 0 bridgehead atoms. The Morgan fingerprint density at radius 3 is 2.47 bits per heavy atom. The van der Waals surface area contributed by atoms with Crippen molar-refractivity contribution in [1.29, 1.82) is 0 Å². The Hall–Kier alpha value is -1.95. The van der Waals surface area contributed by atoms with Gasteiger partial charge in [-0.15, -0.1) is 0 Å². The third kappa shape index (κ3) is 2.90. The summed E-state index contributed by atoms with van der Waals surface area (Å²) in [6, 6.07) is 6.90. The number of rotatable bonds is 2. The lowest BCUT2D eigenvalue weighted by Gasteiger charge is -2.09. The molecule has 0 saturated heterocycles. The van der Waals surface area contributed by atoms with Crippen molar-refractivity contribution in [2.75, 3.05) is 0 Å². The molecule has 1 aromatic carbocycles. The van der Waals surface area contributed by atoms with Crippen LogP contribution in [0.25, 0.3) is 11.3 Å². The molecule has 2 aromatic rings. The van der Waals surface area contributed by atoms with E-state index in [1.54, 1.807) is 0 Å². The zero-order valence-electron chi connectivity index (χ0n) is 9.58. The van der Waals surface area contributed by atoms with Crippen molar-refractivity contribution in [2.24, 2.45) is 0 Å². The molecule has 0 aliphatic heterocycles. The number of pyridine rings is 1. The number of alkyl halides is 3. The lowest BCUT2D eigenvalue weighted by atomic mass is 10.1. The number of aliphatic hydroxyl groups excluding tert-OH is 1. The second-order valence-corrected chi connectivity index (χ2v) is 3.86. The van der Waals surface area contributed by atoms with Gasteiger partial charge >= 0.3 is 6.18 Å². The van der Waals surface area contributed by atoms with Crippen LogP contribution in [0.15, 0.2) is 36.4 Å². The second-order valence-electron chi connectivity index (χ2n) is 3.86. The Balaban J connectivity index is 2.47. The maximum atomic E-state index is 13.2. The number of hydrogen-bond donors (Lipinski definition) is 1. The van der Waals surface area contributed by atoms with Gasteiger partial charge in [-0.1, -0.05) is 12.1 Å². The van der Waals surface area contributed by atoms with Gasteiger partial charge < -0.3 is 5.11 Å². The Kier molecular flexibility index (Phi) is 3.53. The highest BCUT2D eigenvalue weighted by molar-refractivity contribution is 5.60. The minimum absolute atomic E-state index is 0.177. The van der Waals surface area contributed by atoms with Crippen molar-refractivity contribution in [2.45, 2.75) is 12.8 Å². The largest absolute Gasteiger partial charge is 0.416 e. The number of aliphatic hydroxyl groups is 1.